The second-order valence-corrected chi connectivity index (χ2v) is 5.13. The van der Waals surface area contributed by atoms with Crippen LogP contribution >= 0.6 is 0 Å². The van der Waals surface area contributed by atoms with Crippen LogP contribution in [0.4, 0.5) is 0 Å². The Morgan fingerprint density at radius 2 is 1.80 bits per heavy atom. The van der Waals surface area contributed by atoms with E-state index < -0.39 is 0 Å². The third kappa shape index (κ3) is 1.73. The molecule has 2 rings (SSSR count). The van der Waals surface area contributed by atoms with Crippen molar-refractivity contribution in [1.29, 1.82) is 0 Å². The second-order valence-electron chi connectivity index (χ2n) is 5.13. The van der Waals surface area contributed by atoms with Crippen molar-refractivity contribution in [3.8, 4) is 0 Å². The van der Waals surface area contributed by atoms with Gasteiger partial charge in [-0.25, -0.2) is 9.78 Å². The molecule has 110 valence electrons. The van der Waals surface area contributed by atoms with Crippen LogP contribution in [0.15, 0.2) is 15.9 Å². The van der Waals surface area contributed by atoms with E-state index >= 15 is 0 Å². The Kier molecular flexibility index (Phi) is 3.56. The van der Waals surface area contributed by atoms with Crippen LogP contribution in [0.5, 0.6) is 0 Å². The number of hydrogen-bond acceptors (Lipinski definition) is 4. The molecule has 0 bridgehead atoms. The molecular formula is C13H21N5O2. The molecule has 0 saturated carbocycles. The lowest BCUT2D eigenvalue weighted by molar-refractivity contribution is 0.278. The summed E-state index contributed by atoms with van der Waals surface area (Å²) in [4.78, 5) is 28.6. The van der Waals surface area contributed by atoms with Crippen molar-refractivity contribution in [2.75, 3.05) is 6.54 Å². The molecule has 0 aliphatic heterocycles. The van der Waals surface area contributed by atoms with E-state index in [1.807, 2.05) is 18.4 Å². The van der Waals surface area contributed by atoms with Gasteiger partial charge in [0.15, 0.2) is 11.2 Å². The highest BCUT2D eigenvalue weighted by atomic mass is 16.2. The topological polar surface area (TPSA) is 87.8 Å². The van der Waals surface area contributed by atoms with Crippen LogP contribution in [0, 0.1) is 0 Å². The molecule has 7 heteroatoms. The average molecular weight is 279 g/mol. The highest BCUT2D eigenvalue weighted by Gasteiger charge is 2.30. The van der Waals surface area contributed by atoms with Crippen molar-refractivity contribution in [2.45, 2.75) is 32.2 Å². The fourth-order valence-electron chi connectivity index (χ4n) is 2.68. The van der Waals surface area contributed by atoms with Gasteiger partial charge in [-0.2, -0.15) is 0 Å². The zero-order valence-electron chi connectivity index (χ0n) is 12.4. The van der Waals surface area contributed by atoms with E-state index in [0.29, 0.717) is 17.7 Å². The largest absolute Gasteiger partial charge is 0.332 e. The molecule has 0 fully saturated rings. The molecule has 2 N–H and O–H groups in total. The monoisotopic (exact) mass is 279 g/mol. The van der Waals surface area contributed by atoms with E-state index in [-0.39, 0.29) is 16.8 Å². The summed E-state index contributed by atoms with van der Waals surface area (Å²) in [6, 6.07) is 0. The Morgan fingerprint density at radius 3 is 2.30 bits per heavy atom. The van der Waals surface area contributed by atoms with E-state index in [0.717, 1.165) is 17.4 Å². The van der Waals surface area contributed by atoms with Gasteiger partial charge in [-0.1, -0.05) is 13.8 Å². The molecule has 0 atom stereocenters. The predicted octanol–water partition coefficient (Wildman–Crippen LogP) is -0.0923. The molecule has 0 aliphatic carbocycles. The van der Waals surface area contributed by atoms with Crippen LogP contribution < -0.4 is 17.0 Å². The Balaban J connectivity index is 2.95. The molecule has 7 nitrogen and oxygen atoms in total. The molecule has 2 heterocycles. The first-order valence-corrected chi connectivity index (χ1v) is 6.77. The summed E-state index contributed by atoms with van der Waals surface area (Å²) >= 11 is 0. The molecule has 0 unspecified atom stereocenters. The van der Waals surface area contributed by atoms with Crippen molar-refractivity contribution >= 4 is 11.2 Å². The highest BCUT2D eigenvalue weighted by Crippen LogP contribution is 2.26. The number of nitrogens with two attached hydrogens (primary N) is 1. The van der Waals surface area contributed by atoms with Crippen molar-refractivity contribution in [3.05, 3.63) is 27.2 Å². The van der Waals surface area contributed by atoms with Crippen LogP contribution in [0.1, 0.15) is 26.7 Å². The lowest BCUT2D eigenvalue weighted by Crippen LogP contribution is -2.43. The minimum absolute atomic E-state index is 0.333. The zero-order chi connectivity index (χ0) is 15.1. The van der Waals surface area contributed by atoms with Gasteiger partial charge >= 0.3 is 5.69 Å². The average Bonchev–Trinajstić information content (AvgIpc) is 2.91. The fourth-order valence-corrected chi connectivity index (χ4v) is 2.68. The summed E-state index contributed by atoms with van der Waals surface area (Å²) in [5, 5.41) is 0. The van der Waals surface area contributed by atoms with E-state index in [4.69, 9.17) is 5.73 Å². The van der Waals surface area contributed by atoms with Gasteiger partial charge in [0.2, 0.25) is 0 Å². The third-order valence-corrected chi connectivity index (χ3v) is 4.35. The minimum atomic E-state index is -0.376. The second kappa shape index (κ2) is 4.90. The maximum Gasteiger partial charge on any atom is 0.332 e. The summed E-state index contributed by atoms with van der Waals surface area (Å²) in [5.41, 5.74) is 5.72. The van der Waals surface area contributed by atoms with Crippen LogP contribution in [0.3, 0.4) is 0 Å². The molecule has 0 aromatic carbocycles. The lowest BCUT2D eigenvalue weighted by atomic mass is 9.92. The number of rotatable bonds is 4. The normalized spacial score (nSPS) is 12.2. The van der Waals surface area contributed by atoms with Crippen LogP contribution in [0.2, 0.25) is 0 Å². The molecule has 20 heavy (non-hydrogen) atoms. The fraction of sp³-hybridized carbons (Fsp3) is 0.615. The first-order chi connectivity index (χ1) is 9.43. The number of aryl methyl sites for hydroxylation is 1. The Hall–Kier alpha value is -1.89. The van der Waals surface area contributed by atoms with Crippen molar-refractivity contribution < 1.29 is 0 Å². The Morgan fingerprint density at radius 1 is 1.20 bits per heavy atom. The summed E-state index contributed by atoms with van der Waals surface area (Å²) in [6.45, 7) is 4.49. The van der Waals surface area contributed by atoms with Crippen molar-refractivity contribution in [3.63, 3.8) is 0 Å². The van der Waals surface area contributed by atoms with E-state index in [2.05, 4.69) is 4.98 Å². The smallest absolute Gasteiger partial charge is 0.328 e. The van der Waals surface area contributed by atoms with Gasteiger partial charge in [-0.05, 0) is 12.8 Å². The number of nitrogens with zero attached hydrogens (tertiary/aromatic N) is 4. The van der Waals surface area contributed by atoms with E-state index in [1.165, 1.54) is 11.6 Å². The maximum atomic E-state index is 12.4. The summed E-state index contributed by atoms with van der Waals surface area (Å²) in [5.74, 6) is 0. The van der Waals surface area contributed by atoms with Gasteiger partial charge in [0.05, 0.1) is 11.9 Å². The number of imidazole rings is 1. The quantitative estimate of drug-likeness (QED) is 0.847. The number of aromatic nitrogens is 4. The van der Waals surface area contributed by atoms with E-state index in [9.17, 15) is 9.59 Å². The molecule has 0 radical (unpaired) electrons. The number of hydrogen-bond donors (Lipinski definition) is 1. The summed E-state index contributed by atoms with van der Waals surface area (Å²) in [6.07, 6.45) is 3.19. The molecule has 0 saturated heterocycles. The highest BCUT2D eigenvalue weighted by molar-refractivity contribution is 5.70. The first kappa shape index (κ1) is 14.5. The van der Waals surface area contributed by atoms with Crippen molar-refractivity contribution in [2.24, 2.45) is 19.8 Å². The van der Waals surface area contributed by atoms with Gasteiger partial charge in [-0.3, -0.25) is 13.9 Å². The minimum Gasteiger partial charge on any atom is -0.328 e. The molecular weight excluding hydrogens is 258 g/mol. The standard InChI is InChI=1S/C13H21N5O2/c1-5-13(6-2,7-14)18-8-15-10-9(18)11(19)17(4)12(20)16(10)3/h8H,5-7,14H2,1-4H3. The molecule has 2 aromatic heterocycles. The molecule has 2 aromatic rings. The van der Waals surface area contributed by atoms with Gasteiger partial charge in [-0.15, -0.1) is 0 Å². The van der Waals surface area contributed by atoms with Crippen LogP contribution in [-0.4, -0.2) is 25.2 Å². The maximum absolute atomic E-state index is 12.4. The zero-order valence-corrected chi connectivity index (χ0v) is 12.4. The Labute approximate surface area is 116 Å². The molecule has 0 amide bonds. The van der Waals surface area contributed by atoms with Crippen molar-refractivity contribution in [1.82, 2.24) is 18.7 Å². The molecule has 0 spiro atoms. The summed E-state index contributed by atoms with van der Waals surface area (Å²) < 4.78 is 4.33. The van der Waals surface area contributed by atoms with Gasteiger partial charge < -0.3 is 10.3 Å². The van der Waals surface area contributed by atoms with Gasteiger partial charge in [0.25, 0.3) is 5.56 Å². The van der Waals surface area contributed by atoms with Gasteiger partial charge in [0, 0.05) is 20.6 Å². The van der Waals surface area contributed by atoms with E-state index in [1.54, 1.807) is 13.4 Å². The predicted molar refractivity (Wildman–Crippen MR) is 77.8 cm³/mol. The first-order valence-electron chi connectivity index (χ1n) is 6.77. The lowest BCUT2D eigenvalue weighted by Gasteiger charge is -2.32. The van der Waals surface area contributed by atoms with Crippen LogP contribution in [0.25, 0.3) is 11.2 Å². The number of fused-ring (bicyclic) bond motifs is 1. The van der Waals surface area contributed by atoms with Crippen LogP contribution in [-0.2, 0) is 19.6 Å². The summed E-state index contributed by atoms with van der Waals surface area (Å²) in [7, 11) is 3.09. The Bertz CT molecular complexity index is 740. The third-order valence-electron chi connectivity index (χ3n) is 4.35. The SMILES string of the molecule is CCC(CC)(CN)n1cnc2c1c(=O)n(C)c(=O)n2C. The van der Waals surface area contributed by atoms with Gasteiger partial charge in [0.1, 0.15) is 0 Å². The molecule has 0 aliphatic rings.